The number of nitrogens with one attached hydrogen (secondary N) is 1. The van der Waals surface area contributed by atoms with Gasteiger partial charge in [0.25, 0.3) is 5.91 Å². The predicted octanol–water partition coefficient (Wildman–Crippen LogP) is 4.05. The summed E-state index contributed by atoms with van der Waals surface area (Å²) in [6.07, 6.45) is 2.52. The van der Waals surface area contributed by atoms with Crippen LogP contribution in [0.2, 0.25) is 0 Å². The highest BCUT2D eigenvalue weighted by molar-refractivity contribution is 6.05. The Morgan fingerprint density at radius 2 is 1.92 bits per heavy atom. The number of aromatic nitrogens is 2. The van der Waals surface area contributed by atoms with Crippen LogP contribution in [0, 0.1) is 0 Å². The quantitative estimate of drug-likeness (QED) is 0.642. The number of aliphatic hydroxyl groups is 1. The smallest absolute Gasteiger partial charge is 0.410 e. The van der Waals surface area contributed by atoms with Crippen LogP contribution in [0.15, 0.2) is 24.3 Å². The normalized spacial score (nSPS) is 22.6. The topological polar surface area (TPSA) is 106 Å². The summed E-state index contributed by atoms with van der Waals surface area (Å²) in [5, 5.41) is 19.7. The van der Waals surface area contributed by atoms with Crippen molar-refractivity contribution in [2.24, 2.45) is 0 Å². The molecule has 4 rings (SSSR count). The van der Waals surface area contributed by atoms with E-state index in [2.05, 4.69) is 10.4 Å². The first-order chi connectivity index (χ1) is 17.0. The average molecular weight is 501 g/mol. The number of piperidine rings is 1. The first-order valence-electron chi connectivity index (χ1n) is 13.0. The highest BCUT2D eigenvalue weighted by Gasteiger charge is 2.41. The maximum atomic E-state index is 13.3. The molecular weight excluding hydrogens is 460 g/mol. The average Bonchev–Trinajstić information content (AvgIpc) is 3.19. The maximum absolute atomic E-state index is 13.3. The van der Waals surface area contributed by atoms with E-state index in [1.807, 2.05) is 63.6 Å². The molecule has 1 aromatic carbocycles. The van der Waals surface area contributed by atoms with Crippen LogP contribution in [0.4, 0.5) is 4.79 Å². The van der Waals surface area contributed by atoms with Gasteiger partial charge >= 0.3 is 6.09 Å². The van der Waals surface area contributed by atoms with Gasteiger partial charge in [-0.15, -0.1) is 0 Å². The third-order valence-electron chi connectivity index (χ3n) is 7.03. The van der Waals surface area contributed by atoms with Crippen molar-refractivity contribution < 1.29 is 24.2 Å². The number of para-hydroxylation sites is 1. The minimum atomic E-state index is -0.859. The summed E-state index contributed by atoms with van der Waals surface area (Å²) in [5.41, 5.74) is -0.194. The van der Waals surface area contributed by atoms with Crippen molar-refractivity contribution in [2.45, 2.75) is 96.1 Å². The van der Waals surface area contributed by atoms with E-state index in [9.17, 15) is 14.7 Å². The van der Waals surface area contributed by atoms with Crippen LogP contribution in [0.1, 0.15) is 83.3 Å². The summed E-state index contributed by atoms with van der Waals surface area (Å²) in [7, 11) is 0. The summed E-state index contributed by atoms with van der Waals surface area (Å²) < 4.78 is 13.0. The Morgan fingerprint density at radius 1 is 1.22 bits per heavy atom. The molecule has 1 aromatic heterocycles. The zero-order valence-electron chi connectivity index (χ0n) is 22.1. The Kier molecular flexibility index (Phi) is 7.61. The molecule has 0 bridgehead atoms. The van der Waals surface area contributed by atoms with Gasteiger partial charge in [0, 0.05) is 43.3 Å². The Balaban J connectivity index is 1.51. The molecular formula is C27H40N4O5. The monoisotopic (exact) mass is 500 g/mol. The van der Waals surface area contributed by atoms with Gasteiger partial charge in [0.15, 0.2) is 5.69 Å². The molecule has 2 atom stereocenters. The molecule has 2 aliphatic heterocycles. The second-order valence-electron chi connectivity index (χ2n) is 11.5. The Bertz CT molecular complexity index is 1080. The number of nitrogens with zero attached hydrogens (tertiary/aromatic N) is 3. The standard InChI is InChI=1S/C27H40N4O5/c1-18(2)31-22-9-7-6-8-21(22)23(29-31)24(32)28-19-10-11-20(16-27(34)12-14-35-15-13-27)30(17-19)25(33)36-26(3,4)5/h6-9,18-20,34H,10-17H2,1-5H3,(H,28,32). The summed E-state index contributed by atoms with van der Waals surface area (Å²) >= 11 is 0. The van der Waals surface area contributed by atoms with Gasteiger partial charge in [0.1, 0.15) is 5.60 Å². The Morgan fingerprint density at radius 3 is 2.58 bits per heavy atom. The van der Waals surface area contributed by atoms with Crippen LogP contribution < -0.4 is 5.32 Å². The largest absolute Gasteiger partial charge is 0.444 e. The van der Waals surface area contributed by atoms with Crippen molar-refractivity contribution in [1.29, 1.82) is 0 Å². The summed E-state index contributed by atoms with van der Waals surface area (Å²) in [5.74, 6) is -0.249. The van der Waals surface area contributed by atoms with Crippen molar-refractivity contribution in [3.8, 4) is 0 Å². The molecule has 2 N–H and O–H groups in total. The number of carbonyl (C=O) groups excluding carboxylic acids is 2. The number of ether oxygens (including phenoxy) is 2. The highest BCUT2D eigenvalue weighted by atomic mass is 16.6. The van der Waals surface area contributed by atoms with E-state index in [4.69, 9.17) is 9.47 Å². The van der Waals surface area contributed by atoms with E-state index >= 15 is 0 Å². The molecule has 0 aliphatic carbocycles. The lowest BCUT2D eigenvalue weighted by molar-refractivity contribution is -0.0848. The Hall–Kier alpha value is -2.65. The zero-order valence-corrected chi connectivity index (χ0v) is 22.1. The molecule has 9 nitrogen and oxygen atoms in total. The lowest BCUT2D eigenvalue weighted by Crippen LogP contribution is -2.57. The van der Waals surface area contributed by atoms with Crippen molar-refractivity contribution in [3.63, 3.8) is 0 Å². The van der Waals surface area contributed by atoms with Crippen molar-refractivity contribution in [1.82, 2.24) is 20.0 Å². The molecule has 36 heavy (non-hydrogen) atoms. The van der Waals surface area contributed by atoms with Crippen LogP contribution in [0.5, 0.6) is 0 Å². The van der Waals surface area contributed by atoms with Gasteiger partial charge in [-0.2, -0.15) is 5.10 Å². The second kappa shape index (κ2) is 10.4. The van der Waals surface area contributed by atoms with Crippen LogP contribution in [-0.2, 0) is 9.47 Å². The molecule has 2 aromatic rings. The fraction of sp³-hybridized carbons (Fsp3) is 0.667. The number of carbonyl (C=O) groups is 2. The third-order valence-corrected chi connectivity index (χ3v) is 7.03. The van der Waals surface area contributed by atoms with Gasteiger partial charge in [0.2, 0.25) is 0 Å². The molecule has 0 radical (unpaired) electrons. The van der Waals surface area contributed by atoms with Gasteiger partial charge in [-0.3, -0.25) is 9.48 Å². The molecule has 3 heterocycles. The molecule has 2 amide bonds. The van der Waals surface area contributed by atoms with Gasteiger partial charge < -0.3 is 24.8 Å². The van der Waals surface area contributed by atoms with Crippen LogP contribution in [0.25, 0.3) is 10.9 Å². The lowest BCUT2D eigenvalue weighted by atomic mass is 9.83. The fourth-order valence-corrected chi connectivity index (χ4v) is 5.20. The SMILES string of the molecule is CC(C)n1nc(C(=O)NC2CCC(CC3(O)CCOCC3)N(C(=O)OC(C)(C)C)C2)c2ccccc21. The summed E-state index contributed by atoms with van der Waals surface area (Å²) in [4.78, 5) is 28.2. The first-order valence-corrected chi connectivity index (χ1v) is 13.0. The van der Waals surface area contributed by atoms with Crippen LogP contribution in [-0.4, -0.2) is 74.8 Å². The molecule has 198 valence electrons. The number of likely N-dealkylation sites (tertiary alicyclic amines) is 1. The van der Waals surface area contributed by atoms with E-state index < -0.39 is 17.3 Å². The minimum Gasteiger partial charge on any atom is -0.444 e. The van der Waals surface area contributed by atoms with E-state index in [1.54, 1.807) is 4.90 Å². The number of hydrogen-bond donors (Lipinski definition) is 2. The molecule has 2 aliphatic rings. The number of hydrogen-bond acceptors (Lipinski definition) is 6. The molecule has 0 spiro atoms. The Labute approximate surface area is 213 Å². The van der Waals surface area contributed by atoms with E-state index in [0.717, 1.165) is 10.9 Å². The van der Waals surface area contributed by atoms with E-state index in [0.29, 0.717) is 57.6 Å². The van der Waals surface area contributed by atoms with Crippen molar-refractivity contribution >= 4 is 22.9 Å². The second-order valence-corrected chi connectivity index (χ2v) is 11.5. The van der Waals surface area contributed by atoms with Gasteiger partial charge in [-0.25, -0.2) is 4.79 Å². The number of rotatable bonds is 5. The molecule has 0 saturated carbocycles. The van der Waals surface area contributed by atoms with Gasteiger partial charge in [0.05, 0.1) is 11.1 Å². The zero-order chi connectivity index (χ0) is 26.1. The highest BCUT2D eigenvalue weighted by Crippen LogP contribution is 2.32. The van der Waals surface area contributed by atoms with Crippen LogP contribution in [0.3, 0.4) is 0 Å². The van der Waals surface area contributed by atoms with Gasteiger partial charge in [-0.05, 0) is 72.8 Å². The number of fused-ring (bicyclic) bond motifs is 1. The predicted molar refractivity (Wildman–Crippen MR) is 137 cm³/mol. The fourth-order valence-electron chi connectivity index (χ4n) is 5.20. The minimum absolute atomic E-state index is 0.116. The lowest BCUT2D eigenvalue weighted by Gasteiger charge is -2.44. The third kappa shape index (κ3) is 6.00. The van der Waals surface area contributed by atoms with E-state index in [1.165, 1.54) is 0 Å². The molecule has 9 heteroatoms. The van der Waals surface area contributed by atoms with Gasteiger partial charge in [-0.1, -0.05) is 18.2 Å². The number of benzene rings is 1. The molecule has 2 saturated heterocycles. The molecule has 2 unspecified atom stereocenters. The summed E-state index contributed by atoms with van der Waals surface area (Å²) in [6, 6.07) is 7.43. The van der Waals surface area contributed by atoms with Crippen molar-refractivity contribution in [3.05, 3.63) is 30.0 Å². The first kappa shape index (κ1) is 26.4. The van der Waals surface area contributed by atoms with Crippen molar-refractivity contribution in [2.75, 3.05) is 19.8 Å². The molecule has 2 fully saturated rings. The number of amides is 2. The van der Waals surface area contributed by atoms with E-state index in [-0.39, 0.29) is 24.0 Å². The van der Waals surface area contributed by atoms with Crippen LogP contribution >= 0.6 is 0 Å². The maximum Gasteiger partial charge on any atom is 0.410 e. The summed E-state index contributed by atoms with van der Waals surface area (Å²) in [6.45, 7) is 10.9.